The first kappa shape index (κ1) is 12.8. The Bertz CT molecular complexity index is 394. The molecular weight excluding hydrogens is 362 g/mol. The third-order valence-corrected chi connectivity index (χ3v) is 5.15. The summed E-state index contributed by atoms with van der Waals surface area (Å²) in [6.07, 6.45) is 0.947. The summed E-state index contributed by atoms with van der Waals surface area (Å²) in [5.74, 6) is 0.0665. The first-order valence-corrected chi connectivity index (χ1v) is 7.04. The molecule has 5 heteroatoms. The quantitative estimate of drug-likeness (QED) is 0.539. The molecule has 0 N–H and O–H groups in total. The van der Waals surface area contributed by atoms with Gasteiger partial charge in [0.05, 0.1) is 11.6 Å². The monoisotopic (exact) mass is 370 g/mol. The van der Waals surface area contributed by atoms with Crippen LogP contribution in [0.2, 0.25) is 5.02 Å². The molecule has 0 radical (unpaired) electrons. The summed E-state index contributed by atoms with van der Waals surface area (Å²) in [6, 6.07) is 3.07. The summed E-state index contributed by atoms with van der Waals surface area (Å²) >= 11 is 12.7. The summed E-state index contributed by atoms with van der Waals surface area (Å²) in [5.41, 5.74) is 0.601. The van der Waals surface area contributed by atoms with Crippen molar-refractivity contribution in [3.8, 4) is 0 Å². The van der Waals surface area contributed by atoms with Gasteiger partial charge in [-0.25, -0.2) is 4.39 Å². The third-order valence-electron chi connectivity index (χ3n) is 2.72. The molecule has 2 atom stereocenters. The van der Waals surface area contributed by atoms with Crippen molar-refractivity contribution < 1.29 is 9.13 Å². The van der Waals surface area contributed by atoms with Crippen LogP contribution in [0.5, 0.6) is 0 Å². The van der Waals surface area contributed by atoms with E-state index in [0.29, 0.717) is 27.6 Å². The molecule has 0 bridgehead atoms. The van der Waals surface area contributed by atoms with Gasteiger partial charge in [0.1, 0.15) is 5.82 Å². The van der Waals surface area contributed by atoms with Gasteiger partial charge >= 0.3 is 0 Å². The second-order valence-electron chi connectivity index (χ2n) is 3.81. The van der Waals surface area contributed by atoms with Crippen molar-refractivity contribution in [1.82, 2.24) is 0 Å². The first-order valence-electron chi connectivity index (χ1n) is 4.96. The van der Waals surface area contributed by atoms with Crippen LogP contribution in [-0.4, -0.2) is 13.2 Å². The second-order valence-corrected chi connectivity index (χ2v) is 6.06. The van der Waals surface area contributed by atoms with Crippen molar-refractivity contribution in [1.29, 1.82) is 0 Å². The Labute approximate surface area is 116 Å². The molecule has 1 aromatic carbocycles. The fraction of sp³-hybridized carbons (Fsp3) is 0.455. The highest BCUT2D eigenvalue weighted by Gasteiger charge is 2.27. The van der Waals surface area contributed by atoms with E-state index in [9.17, 15) is 4.39 Å². The number of rotatable bonds is 2. The fourth-order valence-corrected chi connectivity index (χ4v) is 3.04. The molecule has 1 aliphatic heterocycles. The van der Waals surface area contributed by atoms with Gasteiger partial charge in [0.25, 0.3) is 0 Å². The Hall–Kier alpha value is 0.360. The molecule has 0 spiro atoms. The Morgan fingerprint density at radius 2 is 2.25 bits per heavy atom. The van der Waals surface area contributed by atoms with E-state index in [-0.39, 0.29) is 10.6 Å². The first-order chi connectivity index (χ1) is 7.59. The molecule has 0 aromatic heterocycles. The van der Waals surface area contributed by atoms with Gasteiger partial charge in [0.15, 0.2) is 0 Å². The smallest absolute Gasteiger partial charge is 0.128 e. The normalized spacial score (nSPS) is 22.4. The Morgan fingerprint density at radius 1 is 1.50 bits per heavy atom. The maximum atomic E-state index is 13.8. The van der Waals surface area contributed by atoms with Gasteiger partial charge in [-0.05, 0) is 34.5 Å². The molecule has 0 aliphatic carbocycles. The zero-order valence-corrected chi connectivity index (χ0v) is 12.3. The predicted octanol–water partition coefficient (Wildman–Crippen LogP) is 4.71. The highest BCUT2D eigenvalue weighted by molar-refractivity contribution is 9.10. The van der Waals surface area contributed by atoms with Gasteiger partial charge in [-0.1, -0.05) is 27.5 Å². The average Bonchev–Trinajstić information content (AvgIpc) is 2.75. The molecule has 1 heterocycles. The zero-order chi connectivity index (χ0) is 11.7. The number of hydrogen-bond acceptors (Lipinski definition) is 1. The van der Waals surface area contributed by atoms with Crippen LogP contribution in [0.4, 0.5) is 4.39 Å². The second kappa shape index (κ2) is 5.34. The van der Waals surface area contributed by atoms with E-state index >= 15 is 0 Å². The molecule has 1 nitrogen and oxygen atoms in total. The van der Waals surface area contributed by atoms with E-state index in [2.05, 4.69) is 31.9 Å². The van der Waals surface area contributed by atoms with Crippen LogP contribution in [0, 0.1) is 11.7 Å². The molecular formula is C11H10Br2ClFO. The van der Waals surface area contributed by atoms with Crippen molar-refractivity contribution >= 4 is 43.5 Å². The lowest BCUT2D eigenvalue weighted by molar-refractivity contribution is 0.185. The summed E-state index contributed by atoms with van der Waals surface area (Å²) in [4.78, 5) is -0.0411. The van der Waals surface area contributed by atoms with Gasteiger partial charge in [-0.2, -0.15) is 0 Å². The van der Waals surface area contributed by atoms with Gasteiger partial charge in [-0.3, -0.25) is 0 Å². The van der Waals surface area contributed by atoms with Crippen molar-refractivity contribution in [2.45, 2.75) is 11.2 Å². The molecule has 2 unspecified atom stereocenters. The number of ether oxygens (including phenoxy) is 1. The molecule has 1 aromatic rings. The van der Waals surface area contributed by atoms with Crippen LogP contribution in [0.15, 0.2) is 16.6 Å². The van der Waals surface area contributed by atoms with E-state index in [1.807, 2.05) is 0 Å². The lowest BCUT2D eigenvalue weighted by Gasteiger charge is -2.17. The van der Waals surface area contributed by atoms with Crippen LogP contribution in [-0.2, 0) is 4.74 Å². The van der Waals surface area contributed by atoms with Crippen molar-refractivity contribution in [2.75, 3.05) is 13.2 Å². The highest BCUT2D eigenvalue weighted by Crippen LogP contribution is 2.39. The van der Waals surface area contributed by atoms with Gasteiger partial charge in [-0.15, -0.1) is 0 Å². The van der Waals surface area contributed by atoms with Crippen LogP contribution in [0.1, 0.15) is 16.8 Å². The SMILES string of the molecule is Fc1cc(Br)c(Cl)cc1C(Br)C1CCOC1. The molecule has 16 heavy (non-hydrogen) atoms. The van der Waals surface area contributed by atoms with E-state index in [1.165, 1.54) is 6.07 Å². The maximum absolute atomic E-state index is 13.8. The standard InChI is InChI=1S/C11H10Br2ClFO/c12-8-4-10(15)7(3-9(8)14)11(13)6-1-2-16-5-6/h3-4,6,11H,1-2,5H2. The number of benzene rings is 1. The van der Waals surface area contributed by atoms with Gasteiger partial charge in [0, 0.05) is 27.4 Å². The van der Waals surface area contributed by atoms with Crippen molar-refractivity contribution in [3.63, 3.8) is 0 Å². The highest BCUT2D eigenvalue weighted by atomic mass is 79.9. The number of alkyl halides is 1. The number of hydrogen-bond donors (Lipinski definition) is 0. The summed E-state index contributed by atoms with van der Waals surface area (Å²) in [7, 11) is 0. The van der Waals surface area contributed by atoms with Crippen LogP contribution < -0.4 is 0 Å². The molecule has 88 valence electrons. The van der Waals surface area contributed by atoms with Crippen LogP contribution in [0.3, 0.4) is 0 Å². The minimum absolute atomic E-state index is 0.0411. The van der Waals surface area contributed by atoms with Crippen molar-refractivity contribution in [2.24, 2.45) is 5.92 Å². The van der Waals surface area contributed by atoms with E-state index in [0.717, 1.165) is 13.0 Å². The fourth-order valence-electron chi connectivity index (χ4n) is 1.79. The number of halogens is 4. The van der Waals surface area contributed by atoms with Gasteiger partial charge in [0.2, 0.25) is 0 Å². The van der Waals surface area contributed by atoms with Gasteiger partial charge < -0.3 is 4.74 Å². The molecule has 1 saturated heterocycles. The summed E-state index contributed by atoms with van der Waals surface area (Å²) in [6.45, 7) is 1.42. The van der Waals surface area contributed by atoms with Crippen LogP contribution in [0.25, 0.3) is 0 Å². The topological polar surface area (TPSA) is 9.23 Å². The van der Waals surface area contributed by atoms with Crippen molar-refractivity contribution in [3.05, 3.63) is 33.0 Å². The lowest BCUT2D eigenvalue weighted by atomic mass is 9.98. The van der Waals surface area contributed by atoms with E-state index in [4.69, 9.17) is 16.3 Å². The predicted molar refractivity (Wildman–Crippen MR) is 69.7 cm³/mol. The third kappa shape index (κ3) is 2.61. The minimum atomic E-state index is -0.245. The largest absolute Gasteiger partial charge is 0.381 e. The summed E-state index contributed by atoms with van der Waals surface area (Å²) in [5, 5.41) is 0.528. The van der Waals surface area contributed by atoms with E-state index < -0.39 is 0 Å². The Balaban J connectivity index is 2.28. The minimum Gasteiger partial charge on any atom is -0.381 e. The molecule has 2 rings (SSSR count). The summed E-state index contributed by atoms with van der Waals surface area (Å²) < 4.78 is 19.7. The Morgan fingerprint density at radius 3 is 2.88 bits per heavy atom. The Kier molecular flexibility index (Phi) is 4.27. The molecule has 0 amide bonds. The average molecular weight is 372 g/mol. The van der Waals surface area contributed by atoms with E-state index in [1.54, 1.807) is 6.07 Å². The van der Waals surface area contributed by atoms with Crippen LogP contribution >= 0.6 is 43.5 Å². The molecule has 0 saturated carbocycles. The zero-order valence-electron chi connectivity index (χ0n) is 8.35. The lowest BCUT2D eigenvalue weighted by Crippen LogP contribution is -2.09. The molecule has 1 fully saturated rings. The molecule has 1 aliphatic rings. The maximum Gasteiger partial charge on any atom is 0.128 e.